The molecule has 0 aromatic carbocycles. The zero-order valence-corrected chi connectivity index (χ0v) is 10.1. The van der Waals surface area contributed by atoms with Gasteiger partial charge >= 0.3 is 0 Å². The second-order valence-electron chi connectivity index (χ2n) is 4.20. The van der Waals surface area contributed by atoms with Crippen LogP contribution < -0.4 is 5.73 Å². The van der Waals surface area contributed by atoms with Crippen molar-refractivity contribution in [3.8, 4) is 0 Å². The summed E-state index contributed by atoms with van der Waals surface area (Å²) in [5.41, 5.74) is 5.57. The van der Waals surface area contributed by atoms with E-state index in [-0.39, 0.29) is 11.8 Å². The lowest BCUT2D eigenvalue weighted by molar-refractivity contribution is -0.133. The maximum absolute atomic E-state index is 11.7. The summed E-state index contributed by atoms with van der Waals surface area (Å²) in [6, 6.07) is -0.451. The van der Waals surface area contributed by atoms with Gasteiger partial charge in [-0.25, -0.2) is 0 Å². The van der Waals surface area contributed by atoms with E-state index in [1.165, 1.54) is 0 Å². The summed E-state index contributed by atoms with van der Waals surface area (Å²) < 4.78 is 0. The Kier molecular flexibility index (Phi) is 4.73. The summed E-state index contributed by atoms with van der Waals surface area (Å²) >= 11 is 0. The average molecular weight is 227 g/mol. The number of nitrogens with two attached hydrogens (primary N) is 1. The number of nitrogens with zero attached hydrogens (tertiary/aromatic N) is 2. The quantitative estimate of drug-likeness (QED) is 0.710. The Morgan fingerprint density at radius 1 is 1.19 bits per heavy atom. The topological polar surface area (TPSA) is 66.6 Å². The number of carbonyl (C=O) groups is 2. The molecule has 16 heavy (non-hydrogen) atoms. The fourth-order valence-corrected chi connectivity index (χ4v) is 1.90. The highest BCUT2D eigenvalue weighted by atomic mass is 16.2. The Balaban J connectivity index is 2.52. The lowest BCUT2D eigenvalue weighted by Gasteiger charge is -2.23. The molecule has 0 radical (unpaired) electrons. The van der Waals surface area contributed by atoms with E-state index >= 15 is 0 Å². The number of hydrogen-bond donors (Lipinski definition) is 1. The van der Waals surface area contributed by atoms with E-state index < -0.39 is 6.04 Å². The predicted molar refractivity (Wildman–Crippen MR) is 61.7 cm³/mol. The van der Waals surface area contributed by atoms with Gasteiger partial charge in [-0.1, -0.05) is 6.92 Å². The lowest BCUT2D eigenvalue weighted by atomic mass is 10.3. The molecule has 92 valence electrons. The molecule has 5 heteroatoms. The van der Waals surface area contributed by atoms with Crippen LogP contribution in [0.5, 0.6) is 0 Å². The van der Waals surface area contributed by atoms with E-state index in [1.807, 2.05) is 11.8 Å². The second kappa shape index (κ2) is 5.84. The van der Waals surface area contributed by atoms with Crippen LogP contribution in [0, 0.1) is 0 Å². The minimum atomic E-state index is -0.451. The summed E-state index contributed by atoms with van der Waals surface area (Å²) in [4.78, 5) is 26.8. The highest BCUT2D eigenvalue weighted by molar-refractivity contribution is 5.81. The average Bonchev–Trinajstić information content (AvgIpc) is 2.52. The van der Waals surface area contributed by atoms with Crippen molar-refractivity contribution in [2.24, 2.45) is 5.73 Å². The first-order valence-corrected chi connectivity index (χ1v) is 5.88. The first kappa shape index (κ1) is 13.0. The Morgan fingerprint density at radius 3 is 2.31 bits per heavy atom. The zero-order chi connectivity index (χ0) is 12.1. The Labute approximate surface area is 96.6 Å². The van der Waals surface area contributed by atoms with E-state index in [0.717, 1.165) is 13.0 Å². The number of carbonyl (C=O) groups excluding carboxylic acids is 2. The normalized spacial score (nSPS) is 19.2. The molecule has 1 aliphatic rings. The smallest absolute Gasteiger partial charge is 0.239 e. The molecule has 2 amide bonds. The maximum atomic E-state index is 11.7. The first-order valence-electron chi connectivity index (χ1n) is 5.88. The lowest BCUT2D eigenvalue weighted by Crippen LogP contribution is -2.44. The van der Waals surface area contributed by atoms with E-state index in [2.05, 4.69) is 0 Å². The van der Waals surface area contributed by atoms with Crippen LogP contribution in [0.15, 0.2) is 0 Å². The van der Waals surface area contributed by atoms with Crippen molar-refractivity contribution in [1.29, 1.82) is 0 Å². The van der Waals surface area contributed by atoms with Crippen molar-refractivity contribution >= 4 is 11.8 Å². The van der Waals surface area contributed by atoms with Crippen LogP contribution in [0.3, 0.4) is 0 Å². The molecule has 0 aromatic heterocycles. The van der Waals surface area contributed by atoms with Crippen molar-refractivity contribution in [3.63, 3.8) is 0 Å². The summed E-state index contributed by atoms with van der Waals surface area (Å²) in [5.74, 6) is 0.140. The van der Waals surface area contributed by atoms with Gasteiger partial charge in [-0.15, -0.1) is 0 Å². The SMILES string of the molecule is CCC(=O)N1CCCN(C(=O)[C@H](C)N)CC1. The molecule has 1 saturated heterocycles. The van der Waals surface area contributed by atoms with E-state index in [1.54, 1.807) is 11.8 Å². The molecule has 1 fully saturated rings. The molecule has 2 N–H and O–H groups in total. The van der Waals surface area contributed by atoms with Gasteiger partial charge in [0.05, 0.1) is 6.04 Å². The van der Waals surface area contributed by atoms with Crippen molar-refractivity contribution in [2.45, 2.75) is 32.7 Å². The van der Waals surface area contributed by atoms with E-state index in [4.69, 9.17) is 5.73 Å². The molecule has 0 spiro atoms. The number of rotatable bonds is 2. The van der Waals surface area contributed by atoms with Crippen molar-refractivity contribution in [1.82, 2.24) is 9.80 Å². The Bertz CT molecular complexity index is 266. The third kappa shape index (κ3) is 3.20. The summed E-state index contributed by atoms with van der Waals surface area (Å²) in [7, 11) is 0. The van der Waals surface area contributed by atoms with Crippen LogP contribution in [0.2, 0.25) is 0 Å². The Hall–Kier alpha value is -1.10. The highest BCUT2D eigenvalue weighted by Crippen LogP contribution is 2.06. The molecule has 0 bridgehead atoms. The van der Waals surface area contributed by atoms with Crippen LogP contribution >= 0.6 is 0 Å². The highest BCUT2D eigenvalue weighted by Gasteiger charge is 2.22. The van der Waals surface area contributed by atoms with Crippen molar-refractivity contribution in [3.05, 3.63) is 0 Å². The molecule has 1 heterocycles. The van der Waals surface area contributed by atoms with Crippen LogP contribution in [0.4, 0.5) is 0 Å². The van der Waals surface area contributed by atoms with Gasteiger partial charge in [-0.3, -0.25) is 9.59 Å². The van der Waals surface area contributed by atoms with Crippen LogP contribution in [-0.4, -0.2) is 53.8 Å². The van der Waals surface area contributed by atoms with Crippen molar-refractivity contribution < 1.29 is 9.59 Å². The van der Waals surface area contributed by atoms with E-state index in [0.29, 0.717) is 26.1 Å². The minimum Gasteiger partial charge on any atom is -0.341 e. The third-order valence-corrected chi connectivity index (χ3v) is 2.85. The Morgan fingerprint density at radius 2 is 1.75 bits per heavy atom. The first-order chi connectivity index (χ1) is 7.56. The molecule has 0 aromatic rings. The number of amides is 2. The maximum Gasteiger partial charge on any atom is 0.239 e. The number of hydrogen-bond acceptors (Lipinski definition) is 3. The van der Waals surface area contributed by atoms with Gasteiger partial charge in [-0.2, -0.15) is 0 Å². The van der Waals surface area contributed by atoms with Gasteiger partial charge in [-0.05, 0) is 13.3 Å². The van der Waals surface area contributed by atoms with Gasteiger partial charge in [0.15, 0.2) is 0 Å². The predicted octanol–water partition coefficient (Wildman–Crippen LogP) is -0.195. The molecule has 0 unspecified atom stereocenters. The molecule has 0 aliphatic carbocycles. The van der Waals surface area contributed by atoms with E-state index in [9.17, 15) is 9.59 Å². The van der Waals surface area contributed by atoms with Gasteiger partial charge in [0, 0.05) is 32.6 Å². The van der Waals surface area contributed by atoms with Gasteiger partial charge in [0.25, 0.3) is 0 Å². The molecular formula is C11H21N3O2. The summed E-state index contributed by atoms with van der Waals surface area (Å²) in [5, 5.41) is 0. The second-order valence-corrected chi connectivity index (χ2v) is 4.20. The van der Waals surface area contributed by atoms with Gasteiger partial charge in [0.1, 0.15) is 0 Å². The zero-order valence-electron chi connectivity index (χ0n) is 10.1. The monoisotopic (exact) mass is 227 g/mol. The molecule has 1 atom stereocenters. The summed E-state index contributed by atoms with van der Waals surface area (Å²) in [6.45, 7) is 6.24. The summed E-state index contributed by atoms with van der Waals surface area (Å²) in [6.07, 6.45) is 1.37. The molecule has 1 rings (SSSR count). The molecular weight excluding hydrogens is 206 g/mol. The fourth-order valence-electron chi connectivity index (χ4n) is 1.90. The van der Waals surface area contributed by atoms with Crippen LogP contribution in [-0.2, 0) is 9.59 Å². The fraction of sp³-hybridized carbons (Fsp3) is 0.818. The van der Waals surface area contributed by atoms with Crippen LogP contribution in [0.25, 0.3) is 0 Å². The van der Waals surface area contributed by atoms with Crippen LogP contribution in [0.1, 0.15) is 26.7 Å². The molecule has 1 aliphatic heterocycles. The molecule has 5 nitrogen and oxygen atoms in total. The third-order valence-electron chi connectivity index (χ3n) is 2.85. The molecule has 0 saturated carbocycles. The van der Waals surface area contributed by atoms with Gasteiger partial charge < -0.3 is 15.5 Å². The van der Waals surface area contributed by atoms with Gasteiger partial charge in [0.2, 0.25) is 11.8 Å². The van der Waals surface area contributed by atoms with Crippen molar-refractivity contribution in [2.75, 3.05) is 26.2 Å². The largest absolute Gasteiger partial charge is 0.341 e. The minimum absolute atomic E-state index is 0.0224. The standard InChI is InChI=1S/C11H21N3O2/c1-3-10(15)13-5-4-6-14(8-7-13)11(16)9(2)12/h9H,3-8,12H2,1-2H3/t9-/m0/s1.